The first kappa shape index (κ1) is 13.2. The average molecular weight is 198 g/mol. The molecule has 0 N–H and O–H groups in total. The van der Waals surface area contributed by atoms with Gasteiger partial charge in [-0.05, 0) is 39.5 Å². The Bertz CT molecular complexity index is 214. The summed E-state index contributed by atoms with van der Waals surface area (Å²) in [4.78, 5) is 11.3. The minimum atomic E-state index is -0.172. The molecule has 0 radical (unpaired) electrons. The summed E-state index contributed by atoms with van der Waals surface area (Å²) in [5, 5.41) is 0. The van der Waals surface area contributed by atoms with Gasteiger partial charge in [0, 0.05) is 5.57 Å². The van der Waals surface area contributed by atoms with Crippen LogP contribution < -0.4 is 0 Å². The maximum atomic E-state index is 11.3. The van der Waals surface area contributed by atoms with Crippen molar-refractivity contribution in [2.45, 2.75) is 47.5 Å². The molecule has 0 saturated carbocycles. The topological polar surface area (TPSA) is 26.3 Å². The van der Waals surface area contributed by atoms with Crippen LogP contribution in [0, 0.1) is 5.92 Å². The van der Waals surface area contributed by atoms with Crippen molar-refractivity contribution in [1.82, 2.24) is 0 Å². The van der Waals surface area contributed by atoms with Crippen LogP contribution in [0.4, 0.5) is 0 Å². The Hall–Kier alpha value is -0.790. The molecule has 0 fully saturated rings. The molecule has 0 amide bonds. The zero-order chi connectivity index (χ0) is 11.1. The van der Waals surface area contributed by atoms with Crippen molar-refractivity contribution in [2.75, 3.05) is 6.61 Å². The van der Waals surface area contributed by atoms with Crippen LogP contribution in [0.1, 0.15) is 47.5 Å². The molecule has 2 nitrogen and oxygen atoms in total. The zero-order valence-corrected chi connectivity index (χ0v) is 10.0. The van der Waals surface area contributed by atoms with E-state index in [1.807, 2.05) is 20.8 Å². The molecule has 0 spiro atoms. The van der Waals surface area contributed by atoms with Gasteiger partial charge in [0.1, 0.15) is 0 Å². The lowest BCUT2D eigenvalue weighted by atomic mass is 10.0. The summed E-state index contributed by atoms with van der Waals surface area (Å²) in [6.45, 7) is 10.5. The number of hydrogen-bond donors (Lipinski definition) is 0. The Morgan fingerprint density at radius 3 is 2.29 bits per heavy atom. The summed E-state index contributed by atoms with van der Waals surface area (Å²) >= 11 is 0. The summed E-state index contributed by atoms with van der Waals surface area (Å²) in [6, 6.07) is 0. The number of rotatable bonds is 5. The number of carbonyl (C=O) groups is 1. The van der Waals surface area contributed by atoms with Gasteiger partial charge >= 0.3 is 5.97 Å². The third-order valence-electron chi connectivity index (χ3n) is 2.32. The summed E-state index contributed by atoms with van der Waals surface area (Å²) in [7, 11) is 0. The number of ether oxygens (including phenoxy) is 1. The molecule has 0 aliphatic rings. The second-order valence-electron chi connectivity index (χ2n) is 4.06. The maximum Gasteiger partial charge on any atom is 0.333 e. The minimum Gasteiger partial charge on any atom is -0.463 e. The number of allylic oxidation sites excluding steroid dienone is 1. The normalized spacial score (nSPS) is 12.7. The molecule has 82 valence electrons. The van der Waals surface area contributed by atoms with Crippen LogP contribution in [0.15, 0.2) is 11.1 Å². The lowest BCUT2D eigenvalue weighted by Crippen LogP contribution is -2.07. The molecule has 0 aromatic carbocycles. The summed E-state index contributed by atoms with van der Waals surface area (Å²) in [5.74, 6) is 0.508. The highest BCUT2D eigenvalue weighted by Crippen LogP contribution is 2.15. The van der Waals surface area contributed by atoms with Crippen LogP contribution >= 0.6 is 0 Å². The highest BCUT2D eigenvalue weighted by molar-refractivity contribution is 5.88. The molecule has 0 saturated heterocycles. The molecule has 0 heterocycles. The molecular formula is C12H22O2. The van der Waals surface area contributed by atoms with E-state index in [-0.39, 0.29) is 5.97 Å². The minimum absolute atomic E-state index is 0.172. The highest BCUT2D eigenvalue weighted by atomic mass is 16.5. The third kappa shape index (κ3) is 5.05. The Morgan fingerprint density at radius 2 is 1.86 bits per heavy atom. The second kappa shape index (κ2) is 6.63. The van der Waals surface area contributed by atoms with Crippen molar-refractivity contribution < 1.29 is 9.53 Å². The van der Waals surface area contributed by atoms with Gasteiger partial charge in [0.25, 0.3) is 0 Å². The molecule has 0 atom stereocenters. The van der Waals surface area contributed by atoms with Crippen LogP contribution in [0.2, 0.25) is 0 Å². The first-order chi connectivity index (χ1) is 6.49. The van der Waals surface area contributed by atoms with Crippen LogP contribution in [0.5, 0.6) is 0 Å². The number of hydrogen-bond acceptors (Lipinski definition) is 2. The van der Waals surface area contributed by atoms with Gasteiger partial charge in [-0.3, -0.25) is 0 Å². The molecule has 0 aliphatic heterocycles. The van der Waals surface area contributed by atoms with Gasteiger partial charge in [-0.15, -0.1) is 0 Å². The average Bonchev–Trinajstić information content (AvgIpc) is 2.13. The molecule has 0 bridgehead atoms. The van der Waals surface area contributed by atoms with E-state index in [1.165, 1.54) is 0 Å². The first-order valence-electron chi connectivity index (χ1n) is 5.32. The second-order valence-corrected chi connectivity index (χ2v) is 4.06. The maximum absolute atomic E-state index is 11.3. The van der Waals surface area contributed by atoms with Crippen LogP contribution in [-0.4, -0.2) is 12.6 Å². The van der Waals surface area contributed by atoms with Gasteiger partial charge in [-0.2, -0.15) is 0 Å². The van der Waals surface area contributed by atoms with E-state index >= 15 is 0 Å². The molecule has 0 rings (SSSR count). The Morgan fingerprint density at radius 1 is 1.29 bits per heavy atom. The van der Waals surface area contributed by atoms with E-state index < -0.39 is 0 Å². The fourth-order valence-electron chi connectivity index (χ4n) is 1.11. The predicted molar refractivity (Wildman–Crippen MR) is 59.1 cm³/mol. The molecule has 14 heavy (non-hydrogen) atoms. The van der Waals surface area contributed by atoms with Gasteiger partial charge in [-0.1, -0.05) is 19.4 Å². The van der Waals surface area contributed by atoms with Crippen molar-refractivity contribution >= 4 is 5.97 Å². The van der Waals surface area contributed by atoms with E-state index in [0.29, 0.717) is 12.5 Å². The Kier molecular flexibility index (Phi) is 6.26. The van der Waals surface area contributed by atoms with Crippen LogP contribution in [0.3, 0.4) is 0 Å². The highest BCUT2D eigenvalue weighted by Gasteiger charge is 2.08. The lowest BCUT2D eigenvalue weighted by Gasteiger charge is -2.08. The molecule has 0 aromatic heterocycles. The van der Waals surface area contributed by atoms with Crippen molar-refractivity contribution in [2.24, 2.45) is 5.92 Å². The Balaban J connectivity index is 4.20. The van der Waals surface area contributed by atoms with Crippen LogP contribution in [0.25, 0.3) is 0 Å². The molecular weight excluding hydrogens is 176 g/mol. The quantitative estimate of drug-likeness (QED) is 0.500. The molecule has 0 aliphatic carbocycles. The van der Waals surface area contributed by atoms with E-state index in [1.54, 1.807) is 0 Å². The van der Waals surface area contributed by atoms with E-state index in [2.05, 4.69) is 13.8 Å². The number of carbonyl (C=O) groups excluding carboxylic acids is 1. The fourth-order valence-corrected chi connectivity index (χ4v) is 1.11. The number of esters is 1. The smallest absolute Gasteiger partial charge is 0.333 e. The fraction of sp³-hybridized carbons (Fsp3) is 0.750. The lowest BCUT2D eigenvalue weighted by molar-refractivity contribution is -0.138. The predicted octanol–water partition coefficient (Wildman–Crippen LogP) is 3.32. The first-order valence-corrected chi connectivity index (χ1v) is 5.32. The Labute approximate surface area is 87.3 Å². The zero-order valence-electron chi connectivity index (χ0n) is 10.0. The molecule has 0 aromatic rings. The van der Waals surface area contributed by atoms with Gasteiger partial charge in [-0.25, -0.2) is 4.79 Å². The summed E-state index contributed by atoms with van der Waals surface area (Å²) in [6.07, 6.45) is 2.12. The monoisotopic (exact) mass is 198 g/mol. The molecule has 0 unspecified atom stereocenters. The summed E-state index contributed by atoms with van der Waals surface area (Å²) in [5.41, 5.74) is 1.92. The van der Waals surface area contributed by atoms with Crippen molar-refractivity contribution in [3.05, 3.63) is 11.1 Å². The van der Waals surface area contributed by atoms with E-state index in [0.717, 1.165) is 24.0 Å². The van der Waals surface area contributed by atoms with E-state index in [4.69, 9.17) is 4.74 Å². The van der Waals surface area contributed by atoms with E-state index in [9.17, 15) is 4.79 Å². The van der Waals surface area contributed by atoms with Crippen molar-refractivity contribution in [1.29, 1.82) is 0 Å². The third-order valence-corrected chi connectivity index (χ3v) is 2.32. The summed E-state index contributed by atoms with van der Waals surface area (Å²) < 4.78 is 4.93. The van der Waals surface area contributed by atoms with Gasteiger partial charge in [0.05, 0.1) is 6.61 Å². The van der Waals surface area contributed by atoms with Crippen molar-refractivity contribution in [3.63, 3.8) is 0 Å². The van der Waals surface area contributed by atoms with Gasteiger partial charge in [0.15, 0.2) is 0 Å². The SMILES string of the molecule is CCOC(=O)C(C)=C(C)CCC(C)C. The van der Waals surface area contributed by atoms with Gasteiger partial charge < -0.3 is 4.74 Å². The van der Waals surface area contributed by atoms with Gasteiger partial charge in [0.2, 0.25) is 0 Å². The molecule has 2 heteroatoms. The standard InChI is InChI=1S/C12H22O2/c1-6-14-12(13)11(5)10(4)8-7-9(2)3/h9H,6-8H2,1-5H3. The largest absolute Gasteiger partial charge is 0.463 e. The van der Waals surface area contributed by atoms with Crippen molar-refractivity contribution in [3.8, 4) is 0 Å². The van der Waals surface area contributed by atoms with Crippen LogP contribution in [-0.2, 0) is 9.53 Å².